The lowest BCUT2D eigenvalue weighted by atomic mass is 9.80. The van der Waals surface area contributed by atoms with E-state index in [2.05, 4.69) is 11.4 Å². The Balaban J connectivity index is 1.66. The second-order valence-electron chi connectivity index (χ2n) is 7.65. The van der Waals surface area contributed by atoms with E-state index >= 15 is 0 Å². The zero-order chi connectivity index (χ0) is 21.3. The number of carbonyl (C=O) groups excluding carboxylic acids is 1. The summed E-state index contributed by atoms with van der Waals surface area (Å²) in [6.45, 7) is 2.06. The third-order valence-electron chi connectivity index (χ3n) is 5.55. The van der Waals surface area contributed by atoms with Crippen LogP contribution in [0, 0.1) is 0 Å². The molecule has 0 heterocycles. The average molecular weight is 432 g/mol. The maximum atomic E-state index is 11.7. The van der Waals surface area contributed by atoms with E-state index in [1.54, 1.807) is 6.92 Å². The highest BCUT2D eigenvalue weighted by atomic mass is 35.5. The van der Waals surface area contributed by atoms with E-state index in [9.17, 15) is 9.90 Å². The fourth-order valence-corrected chi connectivity index (χ4v) is 4.37. The zero-order valence-corrected chi connectivity index (χ0v) is 18.1. The Morgan fingerprint density at radius 2 is 2.07 bits per heavy atom. The second kappa shape index (κ2) is 11.3. The lowest BCUT2D eigenvalue weighted by Gasteiger charge is -2.33. The van der Waals surface area contributed by atoms with Gasteiger partial charge in [-0.2, -0.15) is 0 Å². The molecule has 3 atom stereocenters. The van der Waals surface area contributed by atoms with Gasteiger partial charge in [-0.05, 0) is 61.4 Å². The van der Waals surface area contributed by atoms with Crippen molar-refractivity contribution in [3.63, 3.8) is 0 Å². The van der Waals surface area contributed by atoms with E-state index in [0.717, 1.165) is 42.6 Å². The third-order valence-corrected chi connectivity index (χ3v) is 5.79. The minimum Gasteiger partial charge on any atom is -0.482 e. The Hall–Kier alpha value is -2.08. The number of halogens is 1. The lowest BCUT2D eigenvalue weighted by molar-refractivity contribution is -0.145. The molecule has 2 N–H and O–H groups in total. The molecule has 0 aromatic heterocycles. The van der Waals surface area contributed by atoms with Gasteiger partial charge < -0.3 is 19.9 Å². The molecule has 0 spiro atoms. The molecule has 6 heteroatoms. The number of rotatable bonds is 9. The number of esters is 1. The van der Waals surface area contributed by atoms with Crippen molar-refractivity contribution in [2.75, 3.05) is 19.8 Å². The van der Waals surface area contributed by atoms with Gasteiger partial charge in [0.15, 0.2) is 6.61 Å². The quantitative estimate of drug-likeness (QED) is 0.566. The largest absolute Gasteiger partial charge is 0.482 e. The lowest BCUT2D eigenvalue weighted by Crippen LogP contribution is -2.37. The van der Waals surface area contributed by atoms with Crippen LogP contribution in [0.4, 0.5) is 0 Å². The van der Waals surface area contributed by atoms with Gasteiger partial charge in [0.2, 0.25) is 0 Å². The highest BCUT2D eigenvalue weighted by Gasteiger charge is 2.27. The zero-order valence-electron chi connectivity index (χ0n) is 17.4. The molecule has 30 heavy (non-hydrogen) atoms. The Kier molecular flexibility index (Phi) is 8.55. The van der Waals surface area contributed by atoms with Crippen LogP contribution in [0.25, 0.3) is 0 Å². The molecule has 1 aliphatic carbocycles. The van der Waals surface area contributed by atoms with Gasteiger partial charge in [-0.1, -0.05) is 48.4 Å². The summed E-state index contributed by atoms with van der Waals surface area (Å²) in [5, 5.41) is 14.2. The molecule has 5 nitrogen and oxygen atoms in total. The normalized spacial score (nSPS) is 19.8. The van der Waals surface area contributed by atoms with Crippen molar-refractivity contribution in [3.05, 3.63) is 64.7 Å². The minimum atomic E-state index is -0.359. The monoisotopic (exact) mass is 431 g/mol. The van der Waals surface area contributed by atoms with Crippen molar-refractivity contribution in [1.82, 2.24) is 5.32 Å². The van der Waals surface area contributed by atoms with Crippen molar-refractivity contribution >= 4 is 17.6 Å². The molecule has 3 unspecified atom stereocenters. The van der Waals surface area contributed by atoms with Crippen LogP contribution in [0.1, 0.15) is 55.7 Å². The summed E-state index contributed by atoms with van der Waals surface area (Å²) >= 11 is 6.12. The van der Waals surface area contributed by atoms with E-state index in [1.165, 1.54) is 0 Å². The number of hydrogen-bond donors (Lipinski definition) is 2. The first-order valence-electron chi connectivity index (χ1n) is 10.6. The summed E-state index contributed by atoms with van der Waals surface area (Å²) in [4.78, 5) is 11.7. The summed E-state index contributed by atoms with van der Waals surface area (Å²) in [5.41, 5.74) is 2.11. The highest BCUT2D eigenvalue weighted by Crippen LogP contribution is 2.38. The first kappa shape index (κ1) is 22.6. The first-order valence-corrected chi connectivity index (χ1v) is 11.0. The molecule has 1 aliphatic rings. The van der Waals surface area contributed by atoms with Crippen molar-refractivity contribution in [3.8, 4) is 5.75 Å². The van der Waals surface area contributed by atoms with Gasteiger partial charge in [0.05, 0.1) is 19.3 Å². The van der Waals surface area contributed by atoms with Gasteiger partial charge >= 0.3 is 5.97 Å². The number of nitrogens with one attached hydrogen (secondary N) is 1. The Morgan fingerprint density at radius 1 is 1.23 bits per heavy atom. The molecule has 0 aliphatic heterocycles. The molecular formula is C24H30ClNO4. The number of aliphatic hydroxyl groups excluding tert-OH is 1. The molecule has 0 bridgehead atoms. The molecule has 3 rings (SSSR count). The van der Waals surface area contributed by atoms with Crippen LogP contribution in [0.2, 0.25) is 5.02 Å². The molecule has 0 radical (unpaired) electrons. The molecular weight excluding hydrogens is 402 g/mol. The molecule has 2 aromatic rings. The smallest absolute Gasteiger partial charge is 0.344 e. The van der Waals surface area contributed by atoms with E-state index < -0.39 is 0 Å². The molecule has 1 saturated carbocycles. The highest BCUT2D eigenvalue weighted by molar-refractivity contribution is 6.30. The average Bonchev–Trinajstić information content (AvgIpc) is 2.76. The number of benzene rings is 2. The summed E-state index contributed by atoms with van der Waals surface area (Å²) in [6.07, 6.45) is 4.15. The van der Waals surface area contributed by atoms with Crippen molar-refractivity contribution in [2.24, 2.45) is 0 Å². The van der Waals surface area contributed by atoms with Crippen LogP contribution in [0.15, 0.2) is 48.5 Å². The SMILES string of the molecule is CCOC(=O)COc1ccccc1C1CCCC(NC(CO)c2cccc(Cl)c2)C1. The van der Waals surface area contributed by atoms with Gasteiger partial charge in [-0.3, -0.25) is 0 Å². The van der Waals surface area contributed by atoms with E-state index in [-0.39, 0.29) is 31.3 Å². The topological polar surface area (TPSA) is 67.8 Å². The molecule has 162 valence electrons. The van der Waals surface area contributed by atoms with Crippen molar-refractivity contribution in [1.29, 1.82) is 0 Å². The number of ether oxygens (including phenoxy) is 2. The number of hydrogen-bond acceptors (Lipinski definition) is 5. The fourth-order valence-electron chi connectivity index (χ4n) is 4.17. The second-order valence-corrected chi connectivity index (χ2v) is 8.09. The molecule has 1 fully saturated rings. The maximum Gasteiger partial charge on any atom is 0.344 e. The number of carbonyl (C=O) groups is 1. The van der Waals surface area contributed by atoms with Crippen molar-refractivity contribution in [2.45, 2.75) is 50.6 Å². The Labute approximate surface area is 183 Å². The van der Waals surface area contributed by atoms with Crippen molar-refractivity contribution < 1.29 is 19.4 Å². The number of aliphatic hydroxyl groups is 1. The summed E-state index contributed by atoms with van der Waals surface area (Å²) in [5.74, 6) is 0.709. The van der Waals surface area contributed by atoms with E-state index in [4.69, 9.17) is 21.1 Å². The Morgan fingerprint density at radius 3 is 2.83 bits per heavy atom. The van der Waals surface area contributed by atoms with Crippen LogP contribution in [-0.4, -0.2) is 36.9 Å². The van der Waals surface area contributed by atoms with Gasteiger partial charge in [-0.25, -0.2) is 4.79 Å². The minimum absolute atomic E-state index is 0.0146. The van der Waals surface area contributed by atoms with Gasteiger partial charge in [0.25, 0.3) is 0 Å². The van der Waals surface area contributed by atoms with Crippen LogP contribution in [0.3, 0.4) is 0 Å². The van der Waals surface area contributed by atoms with Crippen LogP contribution < -0.4 is 10.1 Å². The van der Waals surface area contributed by atoms with E-state index in [1.807, 2.05) is 42.5 Å². The predicted octanol–water partition coefficient (Wildman–Crippen LogP) is 4.63. The molecule has 2 aromatic carbocycles. The van der Waals surface area contributed by atoms with Gasteiger partial charge in [0, 0.05) is 11.1 Å². The summed E-state index contributed by atoms with van der Waals surface area (Å²) in [7, 11) is 0. The Bertz CT molecular complexity index is 828. The summed E-state index contributed by atoms with van der Waals surface area (Å²) < 4.78 is 10.7. The maximum absolute atomic E-state index is 11.7. The van der Waals surface area contributed by atoms with Crippen LogP contribution in [0.5, 0.6) is 5.75 Å². The van der Waals surface area contributed by atoms with Crippen LogP contribution >= 0.6 is 11.6 Å². The predicted molar refractivity (Wildman–Crippen MR) is 118 cm³/mol. The fraction of sp³-hybridized carbons (Fsp3) is 0.458. The molecule has 0 amide bonds. The number of para-hydroxylation sites is 1. The third kappa shape index (κ3) is 6.21. The molecule has 0 saturated heterocycles. The standard InChI is InChI=1S/C24H30ClNO4/c1-2-29-24(28)16-30-23-12-4-3-11-21(23)17-7-6-10-20(14-17)26-22(15-27)18-8-5-9-19(25)13-18/h3-5,8-9,11-13,17,20,22,26-27H,2,6-7,10,14-16H2,1H3. The van der Waals surface area contributed by atoms with Crippen LogP contribution in [-0.2, 0) is 9.53 Å². The van der Waals surface area contributed by atoms with Gasteiger partial charge in [0.1, 0.15) is 5.75 Å². The summed E-state index contributed by atoms with van der Waals surface area (Å²) in [6, 6.07) is 15.7. The van der Waals surface area contributed by atoms with Gasteiger partial charge in [-0.15, -0.1) is 0 Å². The van der Waals surface area contributed by atoms with E-state index in [0.29, 0.717) is 17.5 Å². The first-order chi connectivity index (χ1) is 14.6.